The highest BCUT2D eigenvalue weighted by Gasteiger charge is 2.21. The van der Waals surface area contributed by atoms with Crippen molar-refractivity contribution in [3.63, 3.8) is 0 Å². The Morgan fingerprint density at radius 3 is 0.325 bits per heavy atom. The van der Waals surface area contributed by atoms with Crippen LogP contribution < -0.4 is 0 Å². The fourth-order valence-corrected chi connectivity index (χ4v) is 15.4. The van der Waals surface area contributed by atoms with E-state index in [9.17, 15) is 0 Å². The van der Waals surface area contributed by atoms with E-state index in [-0.39, 0.29) is 0 Å². The highest BCUT2D eigenvalue weighted by atomic mass is 15.1. The van der Waals surface area contributed by atoms with Crippen molar-refractivity contribution in [2.24, 2.45) is 0 Å². The first-order chi connectivity index (χ1) is 62.4. The molecule has 0 saturated heterocycles. The van der Waals surface area contributed by atoms with E-state index in [0.717, 1.165) is 122 Å². The van der Waals surface area contributed by atoms with Gasteiger partial charge in [-0.1, -0.05) is 431 Å². The monoisotopic (exact) mass is 1610 g/mol. The van der Waals surface area contributed by atoms with Crippen molar-refractivity contribution in [1.29, 1.82) is 0 Å². The van der Waals surface area contributed by atoms with E-state index in [1.165, 1.54) is 22.3 Å². The van der Waals surface area contributed by atoms with Crippen LogP contribution in [0, 0.1) is 0 Å². The van der Waals surface area contributed by atoms with Gasteiger partial charge in [-0.25, -0.2) is 59.8 Å². The van der Waals surface area contributed by atoms with E-state index in [2.05, 4.69) is 243 Å². The zero-order valence-electron chi connectivity index (χ0n) is 68.2. The SMILES string of the molecule is c1ccc(-c2ccc(-c3ccc(-c4nc(-c5ccccc5)nc(-c5cccc(-c6cccc(-c7cccc(-c8nc(-c9ccccc9)nc(-c9ccccc9)n8)c7)c6)c5)n4)cc3)cc2)cc1.c1ccc(-c2ccc(-c3ccc(-c4nc(-c5ccccc5)nc(-c5cccc(-c6cccc(-c7nc(-c8ccccc8)nc(-c8ccccc8)n7)c6)c5)n4)cc3)cc2)cc1. The molecule has 0 fully saturated rings. The first-order valence-electron chi connectivity index (χ1n) is 41.8. The molecule has 126 heavy (non-hydrogen) atoms. The van der Waals surface area contributed by atoms with Crippen LogP contribution in [0.4, 0.5) is 0 Å². The van der Waals surface area contributed by atoms with Gasteiger partial charge in [-0.05, 0) is 108 Å². The molecule has 0 aliphatic carbocycles. The number of rotatable bonds is 19. The molecule has 12 heteroatoms. The lowest BCUT2D eigenvalue weighted by molar-refractivity contribution is 1.07. The summed E-state index contributed by atoms with van der Waals surface area (Å²) in [6.07, 6.45) is 0. The van der Waals surface area contributed by atoms with E-state index < -0.39 is 0 Å². The number of aromatic nitrogens is 12. The van der Waals surface area contributed by atoms with Crippen LogP contribution in [0.3, 0.4) is 0 Å². The molecule has 21 aromatic rings. The van der Waals surface area contributed by atoms with Crippen molar-refractivity contribution in [3.05, 3.63) is 461 Å². The van der Waals surface area contributed by atoms with Crippen molar-refractivity contribution in [2.75, 3.05) is 0 Å². The van der Waals surface area contributed by atoms with Crippen LogP contribution in [0.5, 0.6) is 0 Å². The Kier molecular flexibility index (Phi) is 22.1. The largest absolute Gasteiger partial charge is 0.208 e. The average Bonchev–Trinajstić information content (AvgIpc) is 0.794. The number of hydrogen-bond donors (Lipinski definition) is 0. The van der Waals surface area contributed by atoms with Gasteiger partial charge in [0.05, 0.1) is 0 Å². The molecular weight excluding hydrogens is 1540 g/mol. The molecule has 12 nitrogen and oxygen atoms in total. The number of benzene rings is 17. The fraction of sp³-hybridized carbons (Fsp3) is 0. The Morgan fingerprint density at radius 1 is 0.0714 bits per heavy atom. The van der Waals surface area contributed by atoms with Gasteiger partial charge in [0, 0.05) is 66.8 Å². The summed E-state index contributed by atoms with van der Waals surface area (Å²) in [5.41, 5.74) is 26.6. The van der Waals surface area contributed by atoms with E-state index in [1.54, 1.807) is 0 Å². The zero-order chi connectivity index (χ0) is 84.2. The smallest absolute Gasteiger partial charge is 0.164 e. The van der Waals surface area contributed by atoms with Crippen molar-refractivity contribution >= 4 is 0 Å². The molecule has 0 spiro atoms. The quantitative estimate of drug-likeness (QED) is 0.0757. The molecule has 0 aliphatic rings. The molecule has 17 aromatic carbocycles. The van der Waals surface area contributed by atoms with Crippen LogP contribution in [0.1, 0.15) is 0 Å². The summed E-state index contributed by atoms with van der Waals surface area (Å²) in [4.78, 5) is 59.9. The van der Waals surface area contributed by atoms with Gasteiger partial charge in [0.2, 0.25) is 0 Å². The Bertz CT molecular complexity index is 7250. The molecule has 0 bridgehead atoms. The lowest BCUT2D eigenvalue weighted by Crippen LogP contribution is -2.00. The minimum absolute atomic E-state index is 0.593. The lowest BCUT2D eigenvalue weighted by Gasteiger charge is -2.11. The lowest BCUT2D eigenvalue weighted by atomic mass is 9.97. The van der Waals surface area contributed by atoms with Gasteiger partial charge in [0.15, 0.2) is 69.9 Å². The molecule has 0 N–H and O–H groups in total. The minimum Gasteiger partial charge on any atom is -0.208 e. The summed E-state index contributed by atoms with van der Waals surface area (Å²) in [6.45, 7) is 0. The maximum Gasteiger partial charge on any atom is 0.164 e. The topological polar surface area (TPSA) is 155 Å². The Hall–Kier alpha value is -17.2. The Morgan fingerprint density at radius 2 is 0.167 bits per heavy atom. The van der Waals surface area contributed by atoms with Crippen LogP contribution >= 0.6 is 0 Å². The summed E-state index contributed by atoms with van der Waals surface area (Å²) in [5, 5.41) is 0. The molecule has 4 aromatic heterocycles. The third-order valence-electron chi connectivity index (χ3n) is 22.0. The highest BCUT2D eigenvalue weighted by molar-refractivity contribution is 5.83. The summed E-state index contributed by atoms with van der Waals surface area (Å²) < 4.78 is 0. The molecule has 0 unspecified atom stereocenters. The summed E-state index contributed by atoms with van der Waals surface area (Å²) in [6, 6.07) is 158. The van der Waals surface area contributed by atoms with Crippen molar-refractivity contribution in [1.82, 2.24) is 59.8 Å². The molecule has 0 radical (unpaired) electrons. The van der Waals surface area contributed by atoms with Crippen LogP contribution in [-0.2, 0) is 0 Å². The van der Waals surface area contributed by atoms with Crippen molar-refractivity contribution in [3.8, 4) is 215 Å². The first-order valence-corrected chi connectivity index (χ1v) is 41.8. The van der Waals surface area contributed by atoms with Crippen LogP contribution in [0.15, 0.2) is 461 Å². The van der Waals surface area contributed by atoms with Gasteiger partial charge < -0.3 is 0 Å². The van der Waals surface area contributed by atoms with Crippen molar-refractivity contribution in [2.45, 2.75) is 0 Å². The highest BCUT2D eigenvalue weighted by Crippen LogP contribution is 2.38. The second-order valence-electron chi connectivity index (χ2n) is 30.4. The number of hydrogen-bond acceptors (Lipinski definition) is 12. The van der Waals surface area contributed by atoms with Gasteiger partial charge in [0.1, 0.15) is 0 Å². The second-order valence-corrected chi connectivity index (χ2v) is 30.4. The normalized spacial score (nSPS) is 11.0. The van der Waals surface area contributed by atoms with Gasteiger partial charge in [-0.2, -0.15) is 0 Å². The Labute approximate surface area is 730 Å². The predicted molar refractivity (Wildman–Crippen MR) is 510 cm³/mol. The molecule has 592 valence electrons. The van der Waals surface area contributed by atoms with Gasteiger partial charge in [-0.15, -0.1) is 0 Å². The maximum absolute atomic E-state index is 5.10. The predicted octanol–water partition coefficient (Wildman–Crippen LogP) is 27.8. The summed E-state index contributed by atoms with van der Waals surface area (Å²) in [5.74, 6) is 7.38. The van der Waals surface area contributed by atoms with Crippen LogP contribution in [0.2, 0.25) is 0 Å². The van der Waals surface area contributed by atoms with Gasteiger partial charge >= 0.3 is 0 Å². The Balaban J connectivity index is 0.000000160. The third-order valence-corrected chi connectivity index (χ3v) is 22.0. The number of nitrogens with zero attached hydrogens (tertiary/aromatic N) is 12. The molecular formula is C114H76N12. The molecule has 21 rings (SSSR count). The maximum atomic E-state index is 5.10. The molecule has 0 aliphatic heterocycles. The third kappa shape index (κ3) is 17.6. The van der Waals surface area contributed by atoms with Crippen LogP contribution in [0.25, 0.3) is 215 Å². The fourth-order valence-electron chi connectivity index (χ4n) is 15.4. The van der Waals surface area contributed by atoms with E-state index in [0.29, 0.717) is 69.9 Å². The first kappa shape index (κ1) is 77.4. The zero-order valence-corrected chi connectivity index (χ0v) is 68.2. The molecule has 0 saturated carbocycles. The molecule has 4 heterocycles. The van der Waals surface area contributed by atoms with E-state index >= 15 is 0 Å². The minimum atomic E-state index is 0.593. The standard InChI is InChI=1S/C60H40N6.C54H36N6/c1-5-16-41(17-6-1)42-30-32-43(33-31-42)44-34-36-48(37-35-44)58-62-57(47-22-11-4-12-23-47)65-60(66-58)54-29-15-27-52(40-54)50-25-13-24-49(38-50)51-26-14-28-53(39-51)59-63-55(45-18-7-2-8-19-45)61-56(64-59)46-20-9-3-10-21-46;1-5-15-37(16-6-1)38-27-29-39(30-28-38)40-31-33-44(34-32-40)52-56-51(43-21-11-4-12-22-43)59-54(60-52)48-26-14-24-46(36-48)45-23-13-25-47(35-45)53-57-49(41-17-7-2-8-18-41)55-50(58-53)42-19-9-3-10-20-42/h1-40H;1-36H. The van der Waals surface area contributed by atoms with Gasteiger partial charge in [-0.3, -0.25) is 0 Å². The summed E-state index contributed by atoms with van der Waals surface area (Å²) >= 11 is 0. The average molecular weight is 1610 g/mol. The molecule has 0 amide bonds. The molecule has 0 atom stereocenters. The van der Waals surface area contributed by atoms with E-state index in [4.69, 9.17) is 59.8 Å². The van der Waals surface area contributed by atoms with Crippen molar-refractivity contribution < 1.29 is 0 Å². The van der Waals surface area contributed by atoms with Gasteiger partial charge in [0.25, 0.3) is 0 Å². The second kappa shape index (κ2) is 36.0. The van der Waals surface area contributed by atoms with E-state index in [1.807, 2.05) is 218 Å². The summed E-state index contributed by atoms with van der Waals surface area (Å²) in [7, 11) is 0. The van der Waals surface area contributed by atoms with Crippen LogP contribution in [-0.4, -0.2) is 59.8 Å².